The zero-order chi connectivity index (χ0) is 11.8. The average Bonchev–Trinajstić information content (AvgIpc) is 2.35. The van der Waals surface area contributed by atoms with Crippen LogP contribution in [-0.4, -0.2) is 6.26 Å². The number of hydrogen-bond acceptors (Lipinski definition) is 1. The summed E-state index contributed by atoms with van der Waals surface area (Å²) in [6.45, 7) is 4.39. The Morgan fingerprint density at radius 1 is 1.35 bits per heavy atom. The van der Waals surface area contributed by atoms with Crippen LogP contribution in [0.3, 0.4) is 0 Å². The number of aromatic nitrogens is 1. The molecule has 0 bridgehead atoms. The minimum absolute atomic E-state index is 0. The molecule has 3 heteroatoms. The van der Waals surface area contributed by atoms with E-state index in [9.17, 15) is 0 Å². The van der Waals surface area contributed by atoms with Gasteiger partial charge in [-0.25, -0.2) is 0 Å². The van der Waals surface area contributed by atoms with Crippen molar-refractivity contribution in [3.05, 3.63) is 36.2 Å². The van der Waals surface area contributed by atoms with Crippen molar-refractivity contribution in [1.29, 1.82) is 0 Å². The molecule has 96 valence electrons. The quantitative estimate of drug-likeness (QED) is 0.553. The standard InChI is InChI=1S/C14H22NS.ClH/c1-4-6-7-10-13(5-2)14-11-8-9-12-15(14)16-3;/h5,8-9,11-12H,4,6-7,10H2,1-3H3;1H/q+1;/p-1. The first-order valence-electron chi connectivity index (χ1n) is 6.04. The van der Waals surface area contributed by atoms with E-state index in [4.69, 9.17) is 0 Å². The van der Waals surface area contributed by atoms with Crippen LogP contribution >= 0.6 is 11.9 Å². The summed E-state index contributed by atoms with van der Waals surface area (Å²) >= 11 is 1.75. The summed E-state index contributed by atoms with van der Waals surface area (Å²) in [5, 5.41) is 0. The Bertz CT molecular complexity index is 350. The third kappa shape index (κ3) is 5.13. The number of nitrogens with zero attached hydrogens (tertiary/aromatic N) is 1. The minimum atomic E-state index is 0. The summed E-state index contributed by atoms with van der Waals surface area (Å²) < 4.78 is 2.24. The topological polar surface area (TPSA) is 3.88 Å². The van der Waals surface area contributed by atoms with Crippen molar-refractivity contribution >= 4 is 17.5 Å². The molecule has 1 aromatic heterocycles. The van der Waals surface area contributed by atoms with Crippen LogP contribution in [0, 0.1) is 0 Å². The normalized spacial score (nSPS) is 11.1. The molecule has 0 aliphatic rings. The van der Waals surface area contributed by atoms with Gasteiger partial charge in [-0.3, -0.25) is 0 Å². The molecule has 0 amide bonds. The Labute approximate surface area is 116 Å². The van der Waals surface area contributed by atoms with Crippen molar-refractivity contribution < 1.29 is 16.4 Å². The molecule has 0 atom stereocenters. The van der Waals surface area contributed by atoms with Crippen molar-refractivity contribution in [2.75, 3.05) is 6.26 Å². The first-order chi connectivity index (χ1) is 7.83. The van der Waals surface area contributed by atoms with E-state index in [2.05, 4.69) is 54.5 Å². The van der Waals surface area contributed by atoms with Gasteiger partial charge in [-0.15, -0.1) is 3.97 Å². The van der Waals surface area contributed by atoms with Gasteiger partial charge in [-0.2, -0.15) is 0 Å². The van der Waals surface area contributed by atoms with Crippen LogP contribution in [0.25, 0.3) is 5.57 Å². The van der Waals surface area contributed by atoms with Crippen LogP contribution in [0.4, 0.5) is 0 Å². The smallest absolute Gasteiger partial charge is 0.221 e. The van der Waals surface area contributed by atoms with Gasteiger partial charge in [0.1, 0.15) is 0 Å². The average molecular weight is 272 g/mol. The highest BCUT2D eigenvalue weighted by molar-refractivity contribution is 7.92. The lowest BCUT2D eigenvalue weighted by Gasteiger charge is -2.04. The molecule has 0 saturated carbocycles. The van der Waals surface area contributed by atoms with E-state index in [0.717, 1.165) is 0 Å². The van der Waals surface area contributed by atoms with Gasteiger partial charge in [0.25, 0.3) is 0 Å². The van der Waals surface area contributed by atoms with Gasteiger partial charge in [-0.1, -0.05) is 25.8 Å². The number of pyridine rings is 1. The van der Waals surface area contributed by atoms with Gasteiger partial charge in [0, 0.05) is 24.0 Å². The molecule has 0 N–H and O–H groups in total. The lowest BCUT2D eigenvalue weighted by molar-refractivity contribution is -0.497. The minimum Gasteiger partial charge on any atom is -1.00 e. The Morgan fingerprint density at radius 2 is 2.12 bits per heavy atom. The number of halogens is 1. The summed E-state index contributed by atoms with van der Waals surface area (Å²) in [6, 6.07) is 6.41. The number of hydrogen-bond donors (Lipinski definition) is 0. The SMILES string of the molecule is CC=C(CCCCC)c1cccc[n+]1SC.[Cl-]. The van der Waals surface area contributed by atoms with E-state index in [1.54, 1.807) is 11.9 Å². The Hall–Kier alpha value is -0.470. The van der Waals surface area contributed by atoms with Crippen molar-refractivity contribution in [3.63, 3.8) is 0 Å². The maximum atomic E-state index is 2.25. The monoisotopic (exact) mass is 271 g/mol. The van der Waals surface area contributed by atoms with E-state index in [-0.39, 0.29) is 12.4 Å². The second-order valence-electron chi connectivity index (χ2n) is 3.87. The summed E-state index contributed by atoms with van der Waals surface area (Å²) in [4.78, 5) is 0. The fraction of sp³-hybridized carbons (Fsp3) is 0.500. The highest BCUT2D eigenvalue weighted by Crippen LogP contribution is 2.19. The van der Waals surface area contributed by atoms with Gasteiger partial charge in [0.05, 0.1) is 0 Å². The maximum absolute atomic E-state index is 2.25. The van der Waals surface area contributed by atoms with E-state index < -0.39 is 0 Å². The lowest BCUT2D eigenvalue weighted by Crippen LogP contribution is -3.00. The number of allylic oxidation sites excluding steroid dienone is 2. The summed E-state index contributed by atoms with van der Waals surface area (Å²) in [5.41, 5.74) is 2.80. The molecule has 0 radical (unpaired) electrons. The molecule has 0 unspecified atom stereocenters. The Balaban J connectivity index is 0.00000256. The second kappa shape index (κ2) is 9.55. The first kappa shape index (κ1) is 16.5. The predicted octanol–water partition coefficient (Wildman–Crippen LogP) is 1.09. The van der Waals surface area contributed by atoms with Gasteiger partial charge in [0.2, 0.25) is 5.69 Å². The molecule has 0 aliphatic heterocycles. The molecule has 0 spiro atoms. The molecule has 0 aromatic carbocycles. The number of rotatable bonds is 6. The van der Waals surface area contributed by atoms with E-state index in [1.165, 1.54) is 37.0 Å². The lowest BCUT2D eigenvalue weighted by atomic mass is 10.0. The van der Waals surface area contributed by atoms with Gasteiger partial charge < -0.3 is 12.4 Å². The van der Waals surface area contributed by atoms with Crippen molar-refractivity contribution in [1.82, 2.24) is 0 Å². The molecule has 0 saturated heterocycles. The Morgan fingerprint density at radius 3 is 2.71 bits per heavy atom. The van der Waals surface area contributed by atoms with Gasteiger partial charge in [0.15, 0.2) is 18.1 Å². The zero-order valence-corrected chi connectivity index (χ0v) is 12.5. The van der Waals surface area contributed by atoms with Crippen molar-refractivity contribution in [2.24, 2.45) is 0 Å². The van der Waals surface area contributed by atoms with E-state index in [1.807, 2.05) is 0 Å². The fourth-order valence-corrected chi connectivity index (χ4v) is 2.39. The molecule has 1 aromatic rings. The zero-order valence-electron chi connectivity index (χ0n) is 10.9. The summed E-state index contributed by atoms with van der Waals surface area (Å²) in [7, 11) is 0. The molecule has 1 heterocycles. The molecule has 0 aliphatic carbocycles. The third-order valence-electron chi connectivity index (χ3n) is 2.75. The fourth-order valence-electron chi connectivity index (χ4n) is 1.82. The van der Waals surface area contributed by atoms with E-state index >= 15 is 0 Å². The Kier molecular flexibility index (Phi) is 9.28. The first-order valence-corrected chi connectivity index (χ1v) is 7.22. The van der Waals surface area contributed by atoms with Gasteiger partial charge in [-0.05, 0) is 25.8 Å². The van der Waals surface area contributed by atoms with Crippen molar-refractivity contribution in [3.8, 4) is 0 Å². The predicted molar refractivity (Wildman–Crippen MR) is 73.3 cm³/mol. The molecule has 17 heavy (non-hydrogen) atoms. The molecule has 1 rings (SSSR count). The van der Waals surface area contributed by atoms with E-state index in [0.29, 0.717) is 0 Å². The summed E-state index contributed by atoms with van der Waals surface area (Å²) in [6.07, 6.45) is 11.6. The second-order valence-corrected chi connectivity index (χ2v) is 4.62. The molecular formula is C14H22ClNS. The number of unbranched alkanes of at least 4 members (excludes halogenated alkanes) is 2. The van der Waals surface area contributed by atoms with Crippen LogP contribution in [0.5, 0.6) is 0 Å². The molecular weight excluding hydrogens is 250 g/mol. The summed E-state index contributed by atoms with van der Waals surface area (Å²) in [5.74, 6) is 0. The third-order valence-corrected chi connectivity index (χ3v) is 3.46. The van der Waals surface area contributed by atoms with Crippen LogP contribution in [0.15, 0.2) is 30.5 Å². The maximum Gasteiger partial charge on any atom is 0.221 e. The van der Waals surface area contributed by atoms with Crippen LogP contribution in [-0.2, 0) is 0 Å². The largest absolute Gasteiger partial charge is 1.00 e. The van der Waals surface area contributed by atoms with Crippen LogP contribution < -0.4 is 16.4 Å². The molecule has 1 nitrogen and oxygen atoms in total. The van der Waals surface area contributed by atoms with Crippen molar-refractivity contribution in [2.45, 2.75) is 39.5 Å². The highest BCUT2D eigenvalue weighted by Gasteiger charge is 2.13. The van der Waals surface area contributed by atoms with Crippen LogP contribution in [0.2, 0.25) is 0 Å². The molecule has 0 fully saturated rings. The highest BCUT2D eigenvalue weighted by atomic mass is 35.5. The van der Waals surface area contributed by atoms with Crippen LogP contribution in [0.1, 0.15) is 45.2 Å². The van der Waals surface area contributed by atoms with Gasteiger partial charge >= 0.3 is 0 Å².